The molecule has 2 aliphatic rings. The first-order valence-corrected chi connectivity index (χ1v) is 11.0. The summed E-state index contributed by atoms with van der Waals surface area (Å²) in [6.45, 7) is 4.57. The number of aromatic nitrogens is 2. The Morgan fingerprint density at radius 3 is 2.73 bits per heavy atom. The smallest absolute Gasteiger partial charge is 0.272 e. The highest BCUT2D eigenvalue weighted by atomic mass is 16.2. The van der Waals surface area contributed by atoms with Gasteiger partial charge < -0.3 is 10.2 Å². The molecule has 1 aliphatic carbocycles. The number of carbonyl (C=O) groups excluding carboxylic acids is 2. The minimum absolute atomic E-state index is 0.0630. The molecule has 0 saturated heterocycles. The summed E-state index contributed by atoms with van der Waals surface area (Å²) < 4.78 is 1.69. The van der Waals surface area contributed by atoms with Crippen molar-refractivity contribution in [3.63, 3.8) is 0 Å². The Balaban J connectivity index is 1.39. The van der Waals surface area contributed by atoms with Gasteiger partial charge in [0.2, 0.25) is 0 Å². The van der Waals surface area contributed by atoms with E-state index in [4.69, 9.17) is 0 Å². The number of nitrogens with one attached hydrogen (secondary N) is 1. The second-order valence-electron chi connectivity index (χ2n) is 8.32. The van der Waals surface area contributed by atoms with Crippen LogP contribution < -0.4 is 5.32 Å². The van der Waals surface area contributed by atoms with Crippen molar-refractivity contribution in [2.75, 3.05) is 13.1 Å². The molecule has 4 rings (SSSR count). The molecular formula is C24H30N4O2. The first kappa shape index (κ1) is 20.4. The normalized spacial score (nSPS) is 16.6. The second kappa shape index (κ2) is 9.28. The SMILES string of the molecule is Cc1ccc(CN2CCCn3nc(C(=O)NCCC4=CCCCC4)cc3C2=O)cc1. The van der Waals surface area contributed by atoms with E-state index in [1.165, 1.54) is 24.0 Å². The van der Waals surface area contributed by atoms with Crippen LogP contribution in [0.5, 0.6) is 0 Å². The molecule has 0 spiro atoms. The standard InChI is InChI=1S/C24H30N4O2/c1-18-8-10-20(11-9-18)17-27-14-5-15-28-22(24(27)30)16-21(26-28)23(29)25-13-12-19-6-3-2-4-7-19/h6,8-11,16H,2-5,7,12-15,17H2,1H3,(H,25,29). The van der Waals surface area contributed by atoms with Gasteiger partial charge in [-0.3, -0.25) is 14.3 Å². The lowest BCUT2D eigenvalue weighted by atomic mass is 9.97. The predicted molar refractivity (Wildman–Crippen MR) is 116 cm³/mol. The molecule has 0 bridgehead atoms. The van der Waals surface area contributed by atoms with Gasteiger partial charge in [0.1, 0.15) is 5.69 Å². The highest BCUT2D eigenvalue weighted by Crippen LogP contribution is 2.20. The number of nitrogens with zero attached hydrogens (tertiary/aromatic N) is 3. The Morgan fingerprint density at radius 2 is 1.97 bits per heavy atom. The molecule has 0 radical (unpaired) electrons. The van der Waals surface area contributed by atoms with Crippen LogP contribution in [0.2, 0.25) is 0 Å². The van der Waals surface area contributed by atoms with E-state index in [0.29, 0.717) is 37.6 Å². The van der Waals surface area contributed by atoms with E-state index in [1.54, 1.807) is 10.7 Å². The predicted octanol–water partition coefficient (Wildman–Crippen LogP) is 3.86. The van der Waals surface area contributed by atoms with Gasteiger partial charge in [-0.05, 0) is 51.0 Å². The fourth-order valence-electron chi connectivity index (χ4n) is 4.17. The minimum atomic E-state index is -0.204. The summed E-state index contributed by atoms with van der Waals surface area (Å²) in [5.74, 6) is -0.267. The highest BCUT2D eigenvalue weighted by molar-refractivity contribution is 5.98. The van der Waals surface area contributed by atoms with Crippen molar-refractivity contribution in [1.29, 1.82) is 0 Å². The number of rotatable bonds is 6. The fraction of sp³-hybridized carbons (Fsp3) is 0.458. The van der Waals surface area contributed by atoms with Gasteiger partial charge in [0.15, 0.2) is 5.69 Å². The van der Waals surface area contributed by atoms with Crippen LogP contribution in [-0.2, 0) is 13.1 Å². The summed E-state index contributed by atoms with van der Waals surface area (Å²) >= 11 is 0. The van der Waals surface area contributed by atoms with Crippen LogP contribution in [0.3, 0.4) is 0 Å². The molecule has 2 amide bonds. The van der Waals surface area contributed by atoms with Gasteiger partial charge in [-0.25, -0.2) is 0 Å². The zero-order chi connectivity index (χ0) is 20.9. The van der Waals surface area contributed by atoms with Crippen LogP contribution in [0.4, 0.5) is 0 Å². The van der Waals surface area contributed by atoms with Crippen molar-refractivity contribution >= 4 is 11.8 Å². The number of hydrogen-bond acceptors (Lipinski definition) is 3. The summed E-state index contributed by atoms with van der Waals surface area (Å²) in [5.41, 5.74) is 4.57. The molecule has 2 heterocycles. The Hall–Kier alpha value is -2.89. The van der Waals surface area contributed by atoms with Crippen molar-refractivity contribution < 1.29 is 9.59 Å². The molecule has 1 N–H and O–H groups in total. The maximum Gasteiger partial charge on any atom is 0.272 e. The molecule has 0 atom stereocenters. The molecule has 0 fully saturated rings. The van der Waals surface area contributed by atoms with Crippen LogP contribution in [-0.4, -0.2) is 39.6 Å². The largest absolute Gasteiger partial charge is 0.350 e. The molecule has 30 heavy (non-hydrogen) atoms. The summed E-state index contributed by atoms with van der Waals surface area (Å²) in [5, 5.41) is 7.38. The Morgan fingerprint density at radius 1 is 1.13 bits per heavy atom. The molecular weight excluding hydrogens is 376 g/mol. The number of fused-ring (bicyclic) bond motifs is 1. The molecule has 1 aliphatic heterocycles. The maximum absolute atomic E-state index is 13.1. The molecule has 1 aromatic carbocycles. The van der Waals surface area contributed by atoms with Crippen molar-refractivity contribution in [3.05, 3.63) is 64.5 Å². The first-order chi connectivity index (χ1) is 14.6. The monoisotopic (exact) mass is 406 g/mol. The third kappa shape index (κ3) is 4.81. The third-order valence-electron chi connectivity index (χ3n) is 5.93. The fourth-order valence-corrected chi connectivity index (χ4v) is 4.17. The molecule has 6 heteroatoms. The van der Waals surface area contributed by atoms with Crippen LogP contribution in [0.15, 0.2) is 42.0 Å². The lowest BCUT2D eigenvalue weighted by Crippen LogP contribution is -2.30. The van der Waals surface area contributed by atoms with E-state index < -0.39 is 0 Å². The van der Waals surface area contributed by atoms with Gasteiger partial charge in [-0.1, -0.05) is 41.5 Å². The van der Waals surface area contributed by atoms with Crippen molar-refractivity contribution in [1.82, 2.24) is 20.0 Å². The quantitative estimate of drug-likeness (QED) is 0.741. The maximum atomic E-state index is 13.1. The Bertz CT molecular complexity index is 943. The number of allylic oxidation sites excluding steroid dienone is 1. The molecule has 2 aromatic rings. The van der Waals surface area contributed by atoms with Gasteiger partial charge in [0, 0.05) is 32.2 Å². The van der Waals surface area contributed by atoms with E-state index in [0.717, 1.165) is 31.2 Å². The van der Waals surface area contributed by atoms with Gasteiger partial charge in [-0.15, -0.1) is 0 Å². The molecule has 0 saturated carbocycles. The topological polar surface area (TPSA) is 67.2 Å². The third-order valence-corrected chi connectivity index (χ3v) is 5.93. The summed E-state index contributed by atoms with van der Waals surface area (Å²) in [4.78, 5) is 27.5. The Labute approximate surface area is 178 Å². The Kier molecular flexibility index (Phi) is 6.31. The van der Waals surface area contributed by atoms with E-state index in [2.05, 4.69) is 47.7 Å². The summed E-state index contributed by atoms with van der Waals surface area (Å²) in [6, 6.07) is 9.89. The lowest BCUT2D eigenvalue weighted by molar-refractivity contribution is 0.0745. The number of amides is 2. The number of aryl methyl sites for hydroxylation is 2. The van der Waals surface area contributed by atoms with Crippen molar-refractivity contribution in [2.45, 2.75) is 58.5 Å². The van der Waals surface area contributed by atoms with Gasteiger partial charge in [0.05, 0.1) is 0 Å². The van der Waals surface area contributed by atoms with Crippen molar-refractivity contribution in [2.24, 2.45) is 0 Å². The molecule has 1 aromatic heterocycles. The van der Waals surface area contributed by atoms with Crippen LogP contribution in [0.1, 0.15) is 70.6 Å². The lowest BCUT2D eigenvalue weighted by Gasteiger charge is -2.20. The van der Waals surface area contributed by atoms with E-state index >= 15 is 0 Å². The summed E-state index contributed by atoms with van der Waals surface area (Å²) in [6.07, 6.45) is 8.82. The average Bonchev–Trinajstić information content (AvgIpc) is 3.13. The summed E-state index contributed by atoms with van der Waals surface area (Å²) in [7, 11) is 0. The molecule has 6 nitrogen and oxygen atoms in total. The number of carbonyl (C=O) groups is 2. The van der Waals surface area contributed by atoms with Crippen LogP contribution >= 0.6 is 0 Å². The number of benzene rings is 1. The highest BCUT2D eigenvalue weighted by Gasteiger charge is 2.26. The second-order valence-corrected chi connectivity index (χ2v) is 8.32. The van der Waals surface area contributed by atoms with E-state index in [-0.39, 0.29) is 11.8 Å². The molecule has 158 valence electrons. The van der Waals surface area contributed by atoms with Gasteiger partial charge >= 0.3 is 0 Å². The number of hydrogen-bond donors (Lipinski definition) is 1. The van der Waals surface area contributed by atoms with Gasteiger partial charge in [-0.2, -0.15) is 5.10 Å². The average molecular weight is 407 g/mol. The van der Waals surface area contributed by atoms with Gasteiger partial charge in [0.25, 0.3) is 11.8 Å². The molecule has 0 unspecified atom stereocenters. The zero-order valence-corrected chi connectivity index (χ0v) is 17.7. The zero-order valence-electron chi connectivity index (χ0n) is 17.7. The van der Waals surface area contributed by atoms with Crippen LogP contribution in [0, 0.1) is 6.92 Å². The first-order valence-electron chi connectivity index (χ1n) is 11.0. The minimum Gasteiger partial charge on any atom is -0.350 e. The van der Waals surface area contributed by atoms with E-state index in [1.807, 2.05) is 4.90 Å². The van der Waals surface area contributed by atoms with Crippen molar-refractivity contribution in [3.8, 4) is 0 Å². The van der Waals surface area contributed by atoms with Crippen LogP contribution in [0.25, 0.3) is 0 Å². The van der Waals surface area contributed by atoms with E-state index in [9.17, 15) is 9.59 Å².